The summed E-state index contributed by atoms with van der Waals surface area (Å²) in [5.41, 5.74) is 4.68. The van der Waals surface area contributed by atoms with Gasteiger partial charge in [0, 0.05) is 35.1 Å². The molecule has 1 atom stereocenters. The molecule has 3 rings (SSSR count). The smallest absolute Gasteiger partial charge is 0.243 e. The SMILES string of the molecule is CCNC(=O)C(Cc1ccccc1)N(Cc1c(Cl)cccc1Cl)C(=O)Cc1cc(C)cc(C)c1. The van der Waals surface area contributed by atoms with Crippen molar-refractivity contribution in [1.82, 2.24) is 10.2 Å². The number of carbonyl (C=O) groups excluding carboxylic acids is 2. The van der Waals surface area contributed by atoms with Gasteiger partial charge in [0.25, 0.3) is 0 Å². The van der Waals surface area contributed by atoms with Crippen molar-refractivity contribution in [2.24, 2.45) is 0 Å². The highest BCUT2D eigenvalue weighted by atomic mass is 35.5. The monoisotopic (exact) mass is 496 g/mol. The number of rotatable bonds is 9. The van der Waals surface area contributed by atoms with Gasteiger partial charge in [-0.05, 0) is 44.0 Å². The predicted molar refractivity (Wildman–Crippen MR) is 139 cm³/mol. The summed E-state index contributed by atoms with van der Waals surface area (Å²) in [6.07, 6.45) is 0.558. The third-order valence-corrected chi connectivity index (χ3v) is 6.36. The molecule has 0 spiro atoms. The lowest BCUT2D eigenvalue weighted by Gasteiger charge is -2.32. The number of benzene rings is 3. The van der Waals surface area contributed by atoms with Crippen molar-refractivity contribution in [1.29, 1.82) is 0 Å². The van der Waals surface area contributed by atoms with Crippen LogP contribution in [-0.4, -0.2) is 29.3 Å². The Balaban J connectivity index is 2.02. The van der Waals surface area contributed by atoms with Crippen LogP contribution in [0.1, 0.15) is 34.7 Å². The number of likely N-dealkylation sites (N-methyl/N-ethyl adjacent to an activating group) is 1. The third-order valence-electron chi connectivity index (χ3n) is 5.65. The second-order valence-corrected chi connectivity index (χ2v) is 9.31. The first-order valence-electron chi connectivity index (χ1n) is 11.4. The molecular formula is C28H30Cl2N2O2. The fourth-order valence-corrected chi connectivity index (χ4v) is 4.66. The number of nitrogens with zero attached hydrogens (tertiary/aromatic N) is 1. The maximum Gasteiger partial charge on any atom is 0.243 e. The third kappa shape index (κ3) is 6.85. The lowest BCUT2D eigenvalue weighted by molar-refractivity contribution is -0.140. The lowest BCUT2D eigenvalue weighted by atomic mass is 10.0. The van der Waals surface area contributed by atoms with Gasteiger partial charge in [0.15, 0.2) is 0 Å². The largest absolute Gasteiger partial charge is 0.355 e. The van der Waals surface area contributed by atoms with E-state index in [-0.39, 0.29) is 24.8 Å². The van der Waals surface area contributed by atoms with Gasteiger partial charge in [-0.15, -0.1) is 0 Å². The topological polar surface area (TPSA) is 49.4 Å². The molecule has 0 fully saturated rings. The van der Waals surface area contributed by atoms with E-state index < -0.39 is 6.04 Å². The minimum atomic E-state index is -0.715. The van der Waals surface area contributed by atoms with E-state index in [4.69, 9.17) is 23.2 Å². The summed E-state index contributed by atoms with van der Waals surface area (Å²) >= 11 is 12.9. The van der Waals surface area contributed by atoms with Crippen LogP contribution in [0.3, 0.4) is 0 Å². The van der Waals surface area contributed by atoms with Crippen molar-refractivity contribution >= 4 is 35.0 Å². The van der Waals surface area contributed by atoms with E-state index in [2.05, 4.69) is 11.4 Å². The fourth-order valence-electron chi connectivity index (χ4n) is 4.15. The average Bonchev–Trinajstić information content (AvgIpc) is 2.78. The maximum atomic E-state index is 13.8. The zero-order valence-corrected chi connectivity index (χ0v) is 21.3. The zero-order valence-electron chi connectivity index (χ0n) is 19.8. The molecule has 0 aliphatic rings. The quantitative estimate of drug-likeness (QED) is 0.399. The van der Waals surface area contributed by atoms with Crippen LogP contribution >= 0.6 is 23.2 Å². The van der Waals surface area contributed by atoms with Crippen LogP contribution in [-0.2, 0) is 29.0 Å². The summed E-state index contributed by atoms with van der Waals surface area (Å²) in [5.74, 6) is -0.364. The molecule has 0 bridgehead atoms. The van der Waals surface area contributed by atoms with Gasteiger partial charge in [0.2, 0.25) is 11.8 Å². The van der Waals surface area contributed by atoms with Crippen molar-refractivity contribution in [3.05, 3.63) is 105 Å². The molecule has 4 nitrogen and oxygen atoms in total. The molecule has 0 aliphatic heterocycles. The molecule has 1 unspecified atom stereocenters. The van der Waals surface area contributed by atoms with E-state index in [0.717, 1.165) is 22.3 Å². The molecular weight excluding hydrogens is 467 g/mol. The lowest BCUT2D eigenvalue weighted by Crippen LogP contribution is -2.51. The van der Waals surface area contributed by atoms with Gasteiger partial charge in [-0.1, -0.05) is 88.9 Å². The highest BCUT2D eigenvalue weighted by Gasteiger charge is 2.31. The minimum absolute atomic E-state index is 0.136. The Hall–Kier alpha value is -2.82. The van der Waals surface area contributed by atoms with Crippen LogP contribution < -0.4 is 5.32 Å². The summed E-state index contributed by atoms with van der Waals surface area (Å²) in [4.78, 5) is 28.6. The predicted octanol–water partition coefficient (Wildman–Crippen LogP) is 5.93. The fraction of sp³-hybridized carbons (Fsp3) is 0.286. The number of hydrogen-bond acceptors (Lipinski definition) is 2. The van der Waals surface area contributed by atoms with Gasteiger partial charge in [-0.3, -0.25) is 9.59 Å². The second-order valence-electron chi connectivity index (χ2n) is 8.49. The first-order valence-corrected chi connectivity index (χ1v) is 12.1. The minimum Gasteiger partial charge on any atom is -0.355 e. The molecule has 0 saturated carbocycles. The van der Waals surface area contributed by atoms with Gasteiger partial charge in [0.05, 0.1) is 6.42 Å². The molecule has 0 aromatic heterocycles. The molecule has 6 heteroatoms. The number of halogens is 2. The van der Waals surface area contributed by atoms with Gasteiger partial charge >= 0.3 is 0 Å². The average molecular weight is 497 g/mol. The first-order chi connectivity index (χ1) is 16.3. The summed E-state index contributed by atoms with van der Waals surface area (Å²) in [6, 6.07) is 20.3. The zero-order chi connectivity index (χ0) is 24.7. The Labute approximate surface area is 211 Å². The van der Waals surface area contributed by atoms with Crippen LogP contribution in [0.15, 0.2) is 66.7 Å². The highest BCUT2D eigenvalue weighted by molar-refractivity contribution is 6.36. The van der Waals surface area contributed by atoms with Crippen LogP contribution in [0.2, 0.25) is 10.0 Å². The van der Waals surface area contributed by atoms with Gasteiger partial charge in [-0.2, -0.15) is 0 Å². The van der Waals surface area contributed by atoms with Crippen LogP contribution in [0, 0.1) is 13.8 Å². The maximum absolute atomic E-state index is 13.8. The molecule has 3 aromatic carbocycles. The van der Waals surface area contributed by atoms with E-state index in [1.165, 1.54) is 0 Å². The van der Waals surface area contributed by atoms with Crippen LogP contribution in [0.5, 0.6) is 0 Å². The number of hydrogen-bond donors (Lipinski definition) is 1. The molecule has 178 valence electrons. The Morgan fingerprint density at radius 2 is 1.50 bits per heavy atom. The van der Waals surface area contributed by atoms with Crippen molar-refractivity contribution in [3.8, 4) is 0 Å². The first kappa shape index (κ1) is 25.8. The van der Waals surface area contributed by atoms with Gasteiger partial charge < -0.3 is 10.2 Å². The van der Waals surface area contributed by atoms with E-state index in [9.17, 15) is 9.59 Å². The summed E-state index contributed by atoms with van der Waals surface area (Å²) in [7, 11) is 0. The number of amides is 2. The summed E-state index contributed by atoms with van der Waals surface area (Å²) in [6.45, 7) is 6.49. The van der Waals surface area contributed by atoms with Crippen molar-refractivity contribution in [3.63, 3.8) is 0 Å². The van der Waals surface area contributed by atoms with Gasteiger partial charge in [-0.25, -0.2) is 0 Å². The van der Waals surface area contributed by atoms with E-state index in [1.54, 1.807) is 23.1 Å². The highest BCUT2D eigenvalue weighted by Crippen LogP contribution is 2.27. The van der Waals surface area contributed by atoms with Crippen molar-refractivity contribution < 1.29 is 9.59 Å². The molecule has 3 aromatic rings. The molecule has 0 heterocycles. The molecule has 0 saturated heterocycles. The Morgan fingerprint density at radius 3 is 2.09 bits per heavy atom. The van der Waals surface area contributed by atoms with Crippen LogP contribution in [0.25, 0.3) is 0 Å². The molecule has 34 heavy (non-hydrogen) atoms. The van der Waals surface area contributed by atoms with Crippen LogP contribution in [0.4, 0.5) is 0 Å². The molecule has 0 radical (unpaired) electrons. The number of aryl methyl sites for hydroxylation is 2. The Morgan fingerprint density at radius 1 is 0.882 bits per heavy atom. The molecule has 2 amide bonds. The molecule has 1 N–H and O–H groups in total. The number of carbonyl (C=O) groups is 2. The standard InChI is InChI=1S/C28H30Cl2N2O2/c1-4-31-28(34)26(16-21-9-6-5-7-10-21)32(18-23-24(29)11-8-12-25(23)30)27(33)17-22-14-19(2)13-20(3)15-22/h5-15,26H,4,16-18H2,1-3H3,(H,31,34). The second kappa shape index (κ2) is 12.0. The number of nitrogens with one attached hydrogen (secondary N) is 1. The van der Waals surface area contributed by atoms with E-state index in [0.29, 0.717) is 28.6 Å². The Bertz CT molecular complexity index is 1110. The van der Waals surface area contributed by atoms with Crippen molar-refractivity contribution in [2.45, 2.75) is 46.2 Å². The normalized spacial score (nSPS) is 11.7. The molecule has 0 aliphatic carbocycles. The summed E-state index contributed by atoms with van der Waals surface area (Å²) in [5, 5.41) is 3.83. The Kier molecular flexibility index (Phi) is 9.14. The summed E-state index contributed by atoms with van der Waals surface area (Å²) < 4.78 is 0. The van der Waals surface area contributed by atoms with E-state index in [1.807, 2.05) is 63.2 Å². The van der Waals surface area contributed by atoms with Crippen molar-refractivity contribution in [2.75, 3.05) is 6.54 Å². The van der Waals surface area contributed by atoms with Gasteiger partial charge in [0.1, 0.15) is 6.04 Å². The van der Waals surface area contributed by atoms with E-state index >= 15 is 0 Å².